The van der Waals surface area contributed by atoms with Gasteiger partial charge in [0.05, 0.1) is 0 Å². The fourth-order valence-corrected chi connectivity index (χ4v) is 0.556. The van der Waals surface area contributed by atoms with E-state index >= 15 is 0 Å². The van der Waals surface area contributed by atoms with Gasteiger partial charge in [0.2, 0.25) is 0 Å². The van der Waals surface area contributed by atoms with Crippen molar-refractivity contribution < 1.29 is 0 Å². The second-order valence-electron chi connectivity index (χ2n) is 1.97. The molecule has 0 fully saturated rings. The summed E-state index contributed by atoms with van der Waals surface area (Å²) in [4.78, 5) is 0. The summed E-state index contributed by atoms with van der Waals surface area (Å²) < 4.78 is 0. The molecule has 0 N–H and O–H groups in total. The number of hydrogen-bond acceptors (Lipinski definition) is 0. The van der Waals surface area contributed by atoms with Crippen molar-refractivity contribution in [1.29, 1.82) is 0 Å². The maximum atomic E-state index is 3.59. The molecule has 0 saturated carbocycles. The highest BCUT2D eigenvalue weighted by molar-refractivity contribution is 4.93. The van der Waals surface area contributed by atoms with Gasteiger partial charge in [-0.05, 0) is 19.8 Å². The molecule has 0 aromatic heterocycles. The van der Waals surface area contributed by atoms with Gasteiger partial charge in [0.15, 0.2) is 0 Å². The molecule has 0 aromatic carbocycles. The Morgan fingerprint density at radius 2 is 2.00 bits per heavy atom. The Morgan fingerprint density at radius 1 is 1.22 bits per heavy atom. The van der Waals surface area contributed by atoms with Crippen molar-refractivity contribution in [3.63, 3.8) is 0 Å². The Labute approximate surface area is 58.3 Å². The minimum Gasteiger partial charge on any atom is -0.0882 e. The Bertz CT molecular complexity index is 88.2. The predicted molar refractivity (Wildman–Crippen MR) is 43.2 cm³/mol. The molecule has 9 heavy (non-hydrogen) atoms. The minimum atomic E-state index is 1.03. The van der Waals surface area contributed by atoms with E-state index in [1.807, 2.05) is 12.2 Å². The van der Waals surface area contributed by atoms with Crippen molar-refractivity contribution in [2.24, 2.45) is 0 Å². The first-order chi connectivity index (χ1) is 4.41. The van der Waals surface area contributed by atoms with E-state index < -0.39 is 0 Å². The van der Waals surface area contributed by atoms with Gasteiger partial charge in [0.25, 0.3) is 0 Å². The molecule has 0 atom stereocenters. The molecule has 0 spiro atoms. The van der Waals surface area contributed by atoms with Gasteiger partial charge in [-0.3, -0.25) is 0 Å². The molecule has 0 bridgehead atoms. The second kappa shape index (κ2) is 7.48. The molecule has 1 radical (unpaired) electrons. The van der Waals surface area contributed by atoms with Crippen LogP contribution < -0.4 is 0 Å². The minimum absolute atomic E-state index is 1.03. The van der Waals surface area contributed by atoms with Crippen LogP contribution in [0, 0.1) is 6.92 Å². The van der Waals surface area contributed by atoms with Gasteiger partial charge in [0.1, 0.15) is 0 Å². The van der Waals surface area contributed by atoms with Crippen LogP contribution in [0.1, 0.15) is 26.2 Å². The van der Waals surface area contributed by atoms with Crippen LogP contribution in [0.3, 0.4) is 0 Å². The second-order valence-corrected chi connectivity index (χ2v) is 1.97. The number of rotatable bonds is 4. The van der Waals surface area contributed by atoms with E-state index in [2.05, 4.69) is 26.0 Å². The molecular formula is C9H15. The third-order valence-electron chi connectivity index (χ3n) is 1.06. The summed E-state index contributed by atoms with van der Waals surface area (Å²) in [7, 11) is 0. The lowest BCUT2D eigenvalue weighted by Gasteiger charge is -1.81. The predicted octanol–water partition coefficient (Wildman–Crippen LogP) is 3.12. The van der Waals surface area contributed by atoms with Crippen LogP contribution in [0.5, 0.6) is 0 Å². The van der Waals surface area contributed by atoms with Gasteiger partial charge in [-0.1, -0.05) is 37.6 Å². The molecule has 51 valence electrons. The first-order valence-corrected chi connectivity index (χ1v) is 3.51. The SMILES string of the molecule is [CH2]C=CCC=CCCC. The van der Waals surface area contributed by atoms with E-state index in [0.717, 1.165) is 6.42 Å². The van der Waals surface area contributed by atoms with E-state index in [0.29, 0.717) is 0 Å². The maximum absolute atomic E-state index is 3.59. The van der Waals surface area contributed by atoms with Crippen LogP contribution in [0.25, 0.3) is 0 Å². The van der Waals surface area contributed by atoms with E-state index in [9.17, 15) is 0 Å². The van der Waals surface area contributed by atoms with Crippen molar-refractivity contribution in [2.45, 2.75) is 26.2 Å². The number of allylic oxidation sites excluding steroid dienone is 4. The topological polar surface area (TPSA) is 0 Å². The molecule has 0 aromatic rings. The van der Waals surface area contributed by atoms with E-state index in [1.165, 1.54) is 12.8 Å². The summed E-state index contributed by atoms with van der Waals surface area (Å²) >= 11 is 0. The van der Waals surface area contributed by atoms with Crippen LogP contribution in [-0.4, -0.2) is 0 Å². The van der Waals surface area contributed by atoms with Crippen molar-refractivity contribution in [3.8, 4) is 0 Å². The summed E-state index contributed by atoms with van der Waals surface area (Å²) in [6, 6.07) is 0. The summed E-state index contributed by atoms with van der Waals surface area (Å²) in [5.74, 6) is 0. The van der Waals surface area contributed by atoms with E-state index in [1.54, 1.807) is 0 Å². The summed E-state index contributed by atoms with van der Waals surface area (Å²) in [6.45, 7) is 5.77. The van der Waals surface area contributed by atoms with Crippen molar-refractivity contribution in [1.82, 2.24) is 0 Å². The largest absolute Gasteiger partial charge is 0.0882 e. The molecule has 0 aliphatic rings. The molecule has 0 heterocycles. The van der Waals surface area contributed by atoms with E-state index in [4.69, 9.17) is 0 Å². The van der Waals surface area contributed by atoms with E-state index in [-0.39, 0.29) is 0 Å². The van der Waals surface area contributed by atoms with Crippen LogP contribution in [0.2, 0.25) is 0 Å². The van der Waals surface area contributed by atoms with Crippen molar-refractivity contribution in [2.75, 3.05) is 0 Å². The molecular weight excluding hydrogens is 108 g/mol. The van der Waals surface area contributed by atoms with Crippen LogP contribution in [0.15, 0.2) is 24.3 Å². The highest BCUT2D eigenvalue weighted by Gasteiger charge is 1.70. The molecule has 0 saturated heterocycles. The zero-order valence-corrected chi connectivity index (χ0v) is 6.14. The van der Waals surface area contributed by atoms with Gasteiger partial charge in [-0.2, -0.15) is 0 Å². The first kappa shape index (κ1) is 8.48. The summed E-state index contributed by atoms with van der Waals surface area (Å²) in [6.07, 6.45) is 11.7. The van der Waals surface area contributed by atoms with Gasteiger partial charge < -0.3 is 0 Å². The molecule has 0 aliphatic carbocycles. The summed E-state index contributed by atoms with van der Waals surface area (Å²) in [5.41, 5.74) is 0. The smallest absolute Gasteiger partial charge is 0.0169 e. The lowest BCUT2D eigenvalue weighted by Crippen LogP contribution is -1.61. The third-order valence-corrected chi connectivity index (χ3v) is 1.06. The Morgan fingerprint density at radius 3 is 2.56 bits per heavy atom. The monoisotopic (exact) mass is 123 g/mol. The number of unbranched alkanes of at least 4 members (excludes halogenated alkanes) is 1. The van der Waals surface area contributed by atoms with Crippen molar-refractivity contribution in [3.05, 3.63) is 31.2 Å². The molecule has 0 aliphatic heterocycles. The Balaban J connectivity index is 3.04. The van der Waals surface area contributed by atoms with Gasteiger partial charge in [-0.25, -0.2) is 0 Å². The summed E-state index contributed by atoms with van der Waals surface area (Å²) in [5, 5.41) is 0. The number of hydrogen-bond donors (Lipinski definition) is 0. The van der Waals surface area contributed by atoms with Crippen LogP contribution in [0.4, 0.5) is 0 Å². The molecule has 0 amide bonds. The Kier molecular flexibility index (Phi) is 7.05. The normalized spacial score (nSPS) is 11.8. The van der Waals surface area contributed by atoms with Gasteiger partial charge in [-0.15, -0.1) is 0 Å². The molecule has 0 unspecified atom stereocenters. The first-order valence-electron chi connectivity index (χ1n) is 3.51. The maximum Gasteiger partial charge on any atom is -0.0169 e. The van der Waals surface area contributed by atoms with Crippen LogP contribution >= 0.6 is 0 Å². The average Bonchev–Trinajstić information content (AvgIpc) is 1.89. The lowest BCUT2D eigenvalue weighted by molar-refractivity contribution is 0.954. The molecule has 0 rings (SSSR count). The Hall–Kier alpha value is -0.520. The van der Waals surface area contributed by atoms with Crippen molar-refractivity contribution >= 4 is 0 Å². The average molecular weight is 123 g/mol. The third kappa shape index (κ3) is 7.48. The molecule has 0 nitrogen and oxygen atoms in total. The lowest BCUT2D eigenvalue weighted by atomic mass is 10.3. The standard InChI is InChI=1S/C9H15/c1-3-5-7-9-8-6-4-2/h3,5,8-9H,1,4,6-7H2,2H3. The highest BCUT2D eigenvalue weighted by Crippen LogP contribution is 1.91. The molecule has 0 heteroatoms. The highest BCUT2D eigenvalue weighted by atomic mass is 13.8. The fraction of sp³-hybridized carbons (Fsp3) is 0.444. The zero-order chi connectivity index (χ0) is 6.95. The van der Waals surface area contributed by atoms with Crippen LogP contribution in [-0.2, 0) is 0 Å². The van der Waals surface area contributed by atoms with Gasteiger partial charge in [0, 0.05) is 0 Å². The van der Waals surface area contributed by atoms with Gasteiger partial charge >= 0.3 is 0 Å². The zero-order valence-electron chi connectivity index (χ0n) is 6.14. The fourth-order valence-electron chi connectivity index (χ4n) is 0.556. The quantitative estimate of drug-likeness (QED) is 0.504.